The van der Waals surface area contributed by atoms with Gasteiger partial charge in [-0.3, -0.25) is 4.79 Å². The summed E-state index contributed by atoms with van der Waals surface area (Å²) in [6.45, 7) is 3.61. The van der Waals surface area contributed by atoms with E-state index in [2.05, 4.69) is 11.9 Å². The zero-order chi connectivity index (χ0) is 8.27. The summed E-state index contributed by atoms with van der Waals surface area (Å²) in [5, 5.41) is 11.6. The van der Waals surface area contributed by atoms with Gasteiger partial charge >= 0.3 is 5.97 Å². The van der Waals surface area contributed by atoms with Crippen molar-refractivity contribution in [2.75, 3.05) is 0 Å². The lowest BCUT2D eigenvalue weighted by Gasteiger charge is -2.07. The fraction of sp³-hybridized carbons (Fsp3) is 0.625. The minimum absolute atomic E-state index is 0.327. The number of carbonyl (C=O) groups is 1. The summed E-state index contributed by atoms with van der Waals surface area (Å²) >= 11 is 0. The molecule has 1 aliphatic heterocycles. The van der Waals surface area contributed by atoms with Crippen molar-refractivity contribution in [3.63, 3.8) is 0 Å². The van der Waals surface area contributed by atoms with Gasteiger partial charge in [-0.05, 0) is 19.3 Å². The Hall–Kier alpha value is -0.830. The molecule has 3 heteroatoms. The van der Waals surface area contributed by atoms with Crippen LogP contribution in [0.1, 0.15) is 19.3 Å². The number of aliphatic carboxylic acids is 1. The second kappa shape index (κ2) is 3.53. The molecule has 1 heterocycles. The van der Waals surface area contributed by atoms with Crippen molar-refractivity contribution in [3.8, 4) is 0 Å². The molecule has 0 aliphatic carbocycles. The largest absolute Gasteiger partial charge is 0.480 e. The van der Waals surface area contributed by atoms with E-state index in [0.717, 1.165) is 19.3 Å². The van der Waals surface area contributed by atoms with Gasteiger partial charge in [-0.1, -0.05) is 6.08 Å². The second-order valence-corrected chi connectivity index (χ2v) is 2.86. The maximum atomic E-state index is 10.5. The molecule has 1 aliphatic rings. The molecule has 2 N–H and O–H groups in total. The molecule has 0 bridgehead atoms. The quantitative estimate of drug-likeness (QED) is 0.592. The Morgan fingerprint density at radius 2 is 2.45 bits per heavy atom. The fourth-order valence-corrected chi connectivity index (χ4v) is 1.40. The van der Waals surface area contributed by atoms with Crippen molar-refractivity contribution in [1.29, 1.82) is 0 Å². The SMILES string of the molecule is C=CC[C@H]1CC[C@@H](C(=O)O)N1. The average Bonchev–Trinajstić information content (AvgIpc) is 2.37. The fourth-order valence-electron chi connectivity index (χ4n) is 1.40. The van der Waals surface area contributed by atoms with Crippen LogP contribution in [0.15, 0.2) is 12.7 Å². The molecular formula is C8H13NO2. The molecular weight excluding hydrogens is 142 g/mol. The van der Waals surface area contributed by atoms with E-state index in [9.17, 15) is 4.79 Å². The van der Waals surface area contributed by atoms with Crippen LogP contribution in [0, 0.1) is 0 Å². The van der Waals surface area contributed by atoms with Gasteiger partial charge < -0.3 is 10.4 Å². The summed E-state index contributed by atoms with van der Waals surface area (Å²) in [5.41, 5.74) is 0. The molecule has 0 aromatic carbocycles. The summed E-state index contributed by atoms with van der Waals surface area (Å²) in [4.78, 5) is 10.5. The van der Waals surface area contributed by atoms with Gasteiger partial charge in [0, 0.05) is 6.04 Å². The number of hydrogen-bond acceptors (Lipinski definition) is 2. The second-order valence-electron chi connectivity index (χ2n) is 2.86. The minimum Gasteiger partial charge on any atom is -0.480 e. The highest BCUT2D eigenvalue weighted by atomic mass is 16.4. The molecule has 0 amide bonds. The summed E-state index contributed by atoms with van der Waals surface area (Å²) in [6, 6.07) is -0.00597. The monoisotopic (exact) mass is 155 g/mol. The molecule has 0 spiro atoms. The molecule has 2 atom stereocenters. The lowest BCUT2D eigenvalue weighted by molar-refractivity contribution is -0.139. The van der Waals surface area contributed by atoms with Crippen LogP contribution in [-0.4, -0.2) is 23.2 Å². The van der Waals surface area contributed by atoms with E-state index in [1.807, 2.05) is 6.08 Å². The summed E-state index contributed by atoms with van der Waals surface area (Å²) in [7, 11) is 0. The molecule has 0 aromatic heterocycles. The van der Waals surface area contributed by atoms with Crippen molar-refractivity contribution in [1.82, 2.24) is 5.32 Å². The minimum atomic E-state index is -0.739. The van der Waals surface area contributed by atoms with E-state index >= 15 is 0 Å². The lowest BCUT2D eigenvalue weighted by atomic mass is 10.1. The van der Waals surface area contributed by atoms with Crippen LogP contribution in [0.25, 0.3) is 0 Å². The Morgan fingerprint density at radius 3 is 2.91 bits per heavy atom. The van der Waals surface area contributed by atoms with Gasteiger partial charge in [0.1, 0.15) is 6.04 Å². The molecule has 0 unspecified atom stereocenters. The predicted octanol–water partition coefficient (Wildman–Crippen LogP) is 0.768. The normalized spacial score (nSPS) is 30.2. The standard InChI is InChI=1S/C8H13NO2/c1-2-3-6-4-5-7(9-6)8(10)11/h2,6-7,9H,1,3-5H2,(H,10,11)/t6-,7-/m0/s1. The summed E-state index contributed by atoms with van der Waals surface area (Å²) < 4.78 is 0. The zero-order valence-corrected chi connectivity index (χ0v) is 6.42. The van der Waals surface area contributed by atoms with Gasteiger partial charge in [-0.15, -0.1) is 6.58 Å². The van der Waals surface area contributed by atoms with E-state index in [1.54, 1.807) is 0 Å². The topological polar surface area (TPSA) is 49.3 Å². The molecule has 1 rings (SSSR count). The first-order chi connectivity index (χ1) is 5.24. The van der Waals surface area contributed by atoms with Crippen LogP contribution in [-0.2, 0) is 4.79 Å². The highest BCUT2D eigenvalue weighted by molar-refractivity contribution is 5.73. The van der Waals surface area contributed by atoms with Crippen LogP contribution in [0.2, 0.25) is 0 Å². The molecule has 11 heavy (non-hydrogen) atoms. The Labute approximate surface area is 66.1 Å². The van der Waals surface area contributed by atoms with Crippen molar-refractivity contribution in [2.24, 2.45) is 0 Å². The highest BCUT2D eigenvalue weighted by Crippen LogP contribution is 2.14. The third-order valence-corrected chi connectivity index (χ3v) is 1.99. The van der Waals surface area contributed by atoms with Gasteiger partial charge in [0.25, 0.3) is 0 Å². The van der Waals surface area contributed by atoms with Crippen molar-refractivity contribution < 1.29 is 9.90 Å². The van der Waals surface area contributed by atoms with Gasteiger partial charge in [0.15, 0.2) is 0 Å². The van der Waals surface area contributed by atoms with E-state index in [4.69, 9.17) is 5.11 Å². The van der Waals surface area contributed by atoms with E-state index in [0.29, 0.717) is 6.04 Å². The zero-order valence-electron chi connectivity index (χ0n) is 6.42. The van der Waals surface area contributed by atoms with Crippen LogP contribution < -0.4 is 5.32 Å². The van der Waals surface area contributed by atoms with Gasteiger partial charge in [-0.25, -0.2) is 0 Å². The summed E-state index contributed by atoms with van der Waals surface area (Å²) in [5.74, 6) is -0.739. The maximum Gasteiger partial charge on any atom is 0.320 e. The number of carboxylic acid groups (broad SMARTS) is 1. The highest BCUT2D eigenvalue weighted by Gasteiger charge is 2.27. The van der Waals surface area contributed by atoms with E-state index in [-0.39, 0.29) is 6.04 Å². The Kier molecular flexibility index (Phi) is 2.65. The molecule has 0 radical (unpaired) electrons. The molecule has 3 nitrogen and oxygen atoms in total. The predicted molar refractivity (Wildman–Crippen MR) is 42.4 cm³/mol. The smallest absolute Gasteiger partial charge is 0.320 e. The Bertz CT molecular complexity index is 167. The van der Waals surface area contributed by atoms with Crippen LogP contribution in [0.3, 0.4) is 0 Å². The van der Waals surface area contributed by atoms with Crippen molar-refractivity contribution >= 4 is 5.97 Å². The molecule has 0 saturated carbocycles. The van der Waals surface area contributed by atoms with Crippen molar-refractivity contribution in [3.05, 3.63) is 12.7 Å². The van der Waals surface area contributed by atoms with Crippen molar-refractivity contribution in [2.45, 2.75) is 31.3 Å². The molecule has 1 saturated heterocycles. The maximum absolute atomic E-state index is 10.5. The molecule has 1 fully saturated rings. The van der Waals surface area contributed by atoms with Crippen LogP contribution >= 0.6 is 0 Å². The first-order valence-electron chi connectivity index (χ1n) is 3.83. The first kappa shape index (κ1) is 8.27. The molecule has 0 aromatic rings. The van der Waals surface area contributed by atoms with Gasteiger partial charge in [0.05, 0.1) is 0 Å². The van der Waals surface area contributed by atoms with E-state index in [1.165, 1.54) is 0 Å². The number of nitrogens with one attached hydrogen (secondary N) is 1. The van der Waals surface area contributed by atoms with E-state index < -0.39 is 5.97 Å². The molecule has 62 valence electrons. The third-order valence-electron chi connectivity index (χ3n) is 1.99. The average molecular weight is 155 g/mol. The van der Waals surface area contributed by atoms with Crippen LogP contribution in [0.4, 0.5) is 0 Å². The Balaban J connectivity index is 2.34. The number of carboxylic acids is 1. The Morgan fingerprint density at radius 1 is 1.73 bits per heavy atom. The van der Waals surface area contributed by atoms with Gasteiger partial charge in [-0.2, -0.15) is 0 Å². The third kappa shape index (κ3) is 2.05. The summed E-state index contributed by atoms with van der Waals surface area (Å²) in [6.07, 6.45) is 4.38. The lowest BCUT2D eigenvalue weighted by Crippen LogP contribution is -2.34. The van der Waals surface area contributed by atoms with Gasteiger partial charge in [0.2, 0.25) is 0 Å². The van der Waals surface area contributed by atoms with Crippen LogP contribution in [0.5, 0.6) is 0 Å². The first-order valence-corrected chi connectivity index (χ1v) is 3.83. The number of rotatable bonds is 3. The number of hydrogen-bond donors (Lipinski definition) is 2.